The van der Waals surface area contributed by atoms with Crippen LogP contribution in [0, 0.1) is 0 Å². The van der Waals surface area contributed by atoms with Crippen LogP contribution >= 0.6 is 0 Å². The van der Waals surface area contributed by atoms with Crippen LogP contribution in [0.15, 0.2) is 61.7 Å². The number of aromatic hydroxyl groups is 1. The first-order chi connectivity index (χ1) is 12.1. The second-order valence-electron chi connectivity index (χ2n) is 5.12. The second-order valence-corrected chi connectivity index (χ2v) is 5.12. The Morgan fingerprint density at radius 3 is 2.88 bits per heavy atom. The van der Waals surface area contributed by atoms with E-state index in [4.69, 9.17) is 9.15 Å². The van der Waals surface area contributed by atoms with Crippen molar-refractivity contribution in [1.82, 2.24) is 9.55 Å². The summed E-state index contributed by atoms with van der Waals surface area (Å²) in [6, 6.07) is 10.2. The highest BCUT2D eigenvalue weighted by Gasteiger charge is 2.13. The molecule has 1 aromatic carbocycles. The summed E-state index contributed by atoms with van der Waals surface area (Å²) in [4.78, 5) is 30.2. The van der Waals surface area contributed by atoms with Crippen molar-refractivity contribution in [2.75, 3.05) is 7.11 Å². The van der Waals surface area contributed by atoms with Crippen molar-refractivity contribution in [2.24, 2.45) is 4.99 Å². The normalized spacial score (nSPS) is 11.1. The molecule has 8 nitrogen and oxygen atoms in total. The molecule has 0 unspecified atom stereocenters. The molecular formula is C17H15N3O5. The first-order valence-corrected chi connectivity index (χ1v) is 7.35. The highest BCUT2D eigenvalue weighted by Crippen LogP contribution is 2.20. The topological polar surface area (TPSA) is 110 Å². The van der Waals surface area contributed by atoms with Gasteiger partial charge in [0.2, 0.25) is 5.88 Å². The van der Waals surface area contributed by atoms with Crippen molar-refractivity contribution in [3.05, 3.63) is 74.8 Å². The summed E-state index contributed by atoms with van der Waals surface area (Å²) >= 11 is 0. The molecule has 128 valence electrons. The molecule has 3 aromatic rings. The van der Waals surface area contributed by atoms with Crippen molar-refractivity contribution in [2.45, 2.75) is 6.54 Å². The Morgan fingerprint density at radius 2 is 2.16 bits per heavy atom. The van der Waals surface area contributed by atoms with Crippen molar-refractivity contribution < 1.29 is 14.3 Å². The molecule has 25 heavy (non-hydrogen) atoms. The minimum absolute atomic E-state index is 0.0194. The first kappa shape index (κ1) is 16.3. The molecule has 2 aromatic heterocycles. The summed E-state index contributed by atoms with van der Waals surface area (Å²) in [5, 5.41) is 10.3. The van der Waals surface area contributed by atoms with Gasteiger partial charge in [-0.2, -0.15) is 0 Å². The molecule has 0 radical (unpaired) electrons. The van der Waals surface area contributed by atoms with E-state index in [1.165, 1.54) is 19.6 Å². The third kappa shape index (κ3) is 3.52. The van der Waals surface area contributed by atoms with Gasteiger partial charge in [-0.1, -0.05) is 6.07 Å². The average Bonchev–Trinajstić information content (AvgIpc) is 3.12. The molecule has 0 saturated carbocycles. The van der Waals surface area contributed by atoms with Gasteiger partial charge in [0.15, 0.2) is 0 Å². The maximum atomic E-state index is 12.0. The number of nitrogens with zero attached hydrogens (tertiary/aromatic N) is 2. The van der Waals surface area contributed by atoms with Gasteiger partial charge in [0.1, 0.15) is 17.1 Å². The molecule has 0 bridgehead atoms. The van der Waals surface area contributed by atoms with Gasteiger partial charge in [-0.25, -0.2) is 4.79 Å². The predicted octanol–water partition coefficient (Wildman–Crippen LogP) is 1.64. The summed E-state index contributed by atoms with van der Waals surface area (Å²) in [5.74, 6) is 0.576. The van der Waals surface area contributed by atoms with Crippen LogP contribution in [0.5, 0.6) is 11.6 Å². The molecule has 0 saturated heterocycles. The summed E-state index contributed by atoms with van der Waals surface area (Å²) in [5.41, 5.74) is -1.07. The van der Waals surface area contributed by atoms with Gasteiger partial charge in [-0.15, -0.1) is 0 Å². The fraction of sp³-hybridized carbons (Fsp3) is 0.118. The molecule has 0 amide bonds. The van der Waals surface area contributed by atoms with E-state index in [0.29, 0.717) is 17.2 Å². The van der Waals surface area contributed by atoms with Crippen LogP contribution in [-0.2, 0) is 6.54 Å². The van der Waals surface area contributed by atoms with E-state index in [0.717, 1.165) is 4.57 Å². The lowest BCUT2D eigenvalue weighted by atomic mass is 10.3. The molecule has 0 spiro atoms. The molecule has 8 heteroatoms. The molecule has 2 N–H and O–H groups in total. The van der Waals surface area contributed by atoms with E-state index in [1.807, 2.05) is 0 Å². The number of methoxy groups -OCH3 is 1. The van der Waals surface area contributed by atoms with Crippen LogP contribution in [0.1, 0.15) is 11.3 Å². The number of rotatable bonds is 5. The predicted molar refractivity (Wildman–Crippen MR) is 91.0 cm³/mol. The summed E-state index contributed by atoms with van der Waals surface area (Å²) < 4.78 is 11.3. The van der Waals surface area contributed by atoms with Gasteiger partial charge in [-0.3, -0.25) is 19.3 Å². The van der Waals surface area contributed by atoms with Crippen molar-refractivity contribution in [1.29, 1.82) is 0 Å². The largest absolute Gasteiger partial charge is 0.497 e. The zero-order chi connectivity index (χ0) is 17.8. The standard InChI is InChI=1S/C17H15N3O5/c1-24-12-5-2-4-11(8-12)18-9-14-15(21)19-17(23)20(16(14)22)10-13-6-3-7-25-13/h2-9,22H,10H2,1H3,(H,19,21,23). The van der Waals surface area contributed by atoms with E-state index in [2.05, 4.69) is 9.98 Å². The van der Waals surface area contributed by atoms with Gasteiger partial charge >= 0.3 is 5.69 Å². The van der Waals surface area contributed by atoms with E-state index < -0.39 is 17.1 Å². The minimum atomic E-state index is -0.738. The number of furan rings is 1. The van der Waals surface area contributed by atoms with E-state index >= 15 is 0 Å². The number of benzene rings is 1. The lowest BCUT2D eigenvalue weighted by Crippen LogP contribution is -2.32. The maximum absolute atomic E-state index is 12.0. The Labute approximate surface area is 141 Å². The van der Waals surface area contributed by atoms with E-state index in [-0.39, 0.29) is 12.1 Å². The van der Waals surface area contributed by atoms with Gasteiger partial charge in [0.05, 0.1) is 25.6 Å². The van der Waals surface area contributed by atoms with Crippen molar-refractivity contribution in [3.8, 4) is 11.6 Å². The van der Waals surface area contributed by atoms with Crippen LogP contribution < -0.4 is 16.0 Å². The smallest absolute Gasteiger partial charge is 0.331 e. The summed E-state index contributed by atoms with van der Waals surface area (Å²) in [6.45, 7) is -0.0194. The van der Waals surface area contributed by atoms with Crippen LogP contribution in [-0.4, -0.2) is 28.0 Å². The van der Waals surface area contributed by atoms with Crippen molar-refractivity contribution >= 4 is 11.9 Å². The number of hydrogen-bond acceptors (Lipinski definition) is 6. The highest BCUT2D eigenvalue weighted by atomic mass is 16.5. The Morgan fingerprint density at radius 1 is 1.32 bits per heavy atom. The number of aromatic nitrogens is 2. The van der Waals surface area contributed by atoms with Gasteiger partial charge in [0.25, 0.3) is 5.56 Å². The first-order valence-electron chi connectivity index (χ1n) is 7.35. The Bertz CT molecular complexity index is 1020. The van der Waals surface area contributed by atoms with E-state index in [9.17, 15) is 14.7 Å². The fourth-order valence-corrected chi connectivity index (χ4v) is 2.23. The highest BCUT2D eigenvalue weighted by molar-refractivity contribution is 5.84. The Kier molecular flexibility index (Phi) is 4.51. The van der Waals surface area contributed by atoms with Crippen molar-refractivity contribution in [3.63, 3.8) is 0 Å². The molecule has 0 atom stereocenters. The molecule has 3 rings (SSSR count). The maximum Gasteiger partial charge on any atom is 0.331 e. The zero-order valence-corrected chi connectivity index (χ0v) is 13.3. The third-order valence-corrected chi connectivity index (χ3v) is 3.50. The molecule has 0 aliphatic carbocycles. The van der Waals surface area contributed by atoms with Gasteiger partial charge < -0.3 is 14.3 Å². The van der Waals surface area contributed by atoms with Gasteiger partial charge in [0, 0.05) is 12.3 Å². The quantitative estimate of drug-likeness (QED) is 0.686. The lowest BCUT2D eigenvalue weighted by molar-refractivity contribution is 0.392. The molecular weight excluding hydrogens is 326 g/mol. The molecule has 2 heterocycles. The van der Waals surface area contributed by atoms with E-state index in [1.54, 1.807) is 36.4 Å². The third-order valence-electron chi connectivity index (χ3n) is 3.50. The molecule has 0 aliphatic heterocycles. The second kappa shape index (κ2) is 6.91. The van der Waals surface area contributed by atoms with Crippen LogP contribution in [0.25, 0.3) is 0 Å². The number of aliphatic imine (C=N–C) groups is 1. The van der Waals surface area contributed by atoms with Crippen LogP contribution in [0.4, 0.5) is 5.69 Å². The fourth-order valence-electron chi connectivity index (χ4n) is 2.23. The minimum Gasteiger partial charge on any atom is -0.497 e. The summed E-state index contributed by atoms with van der Waals surface area (Å²) in [6.07, 6.45) is 2.65. The number of aromatic amines is 1. The van der Waals surface area contributed by atoms with Crippen LogP contribution in [0.3, 0.4) is 0 Å². The number of hydrogen-bond donors (Lipinski definition) is 2. The zero-order valence-electron chi connectivity index (χ0n) is 13.3. The van der Waals surface area contributed by atoms with Gasteiger partial charge in [-0.05, 0) is 24.3 Å². The number of nitrogens with one attached hydrogen (secondary N) is 1. The molecule has 0 fully saturated rings. The Balaban J connectivity index is 1.99. The SMILES string of the molecule is COc1cccc(N=Cc2c(O)n(Cc3ccco3)c(=O)[nH]c2=O)c1. The van der Waals surface area contributed by atoms with Crippen LogP contribution in [0.2, 0.25) is 0 Å². The lowest BCUT2D eigenvalue weighted by Gasteiger charge is -2.07. The molecule has 0 aliphatic rings. The Hall–Kier alpha value is -3.55. The monoisotopic (exact) mass is 341 g/mol. The average molecular weight is 341 g/mol. The summed E-state index contributed by atoms with van der Waals surface area (Å²) in [7, 11) is 1.53. The number of ether oxygens (including phenoxy) is 1. The number of H-pyrrole nitrogens is 1.